The number of fused-ring (bicyclic) bond motifs is 1. The normalized spacial score (nSPS) is 11.5. The van der Waals surface area contributed by atoms with E-state index in [-0.39, 0.29) is 0 Å². The summed E-state index contributed by atoms with van der Waals surface area (Å²) in [5.41, 5.74) is 1.04. The second-order valence-electron chi connectivity index (χ2n) is 3.60. The number of nitrogens with zero attached hydrogens (tertiary/aromatic N) is 4. The molecule has 0 bridgehead atoms. The molecule has 0 saturated heterocycles. The molecule has 0 aliphatic heterocycles. The Labute approximate surface area is 103 Å². The third-order valence-corrected chi connectivity index (χ3v) is 3.52. The molecule has 0 saturated carbocycles. The van der Waals surface area contributed by atoms with Crippen LogP contribution in [0, 0.1) is 0 Å². The topological polar surface area (TPSA) is 33.4 Å². The Kier molecular flexibility index (Phi) is 3.56. The van der Waals surface area contributed by atoms with Gasteiger partial charge < -0.3 is 0 Å². The van der Waals surface area contributed by atoms with Crippen molar-refractivity contribution in [3.8, 4) is 0 Å². The standard InChI is InChI=1S/C11H15BrN4/c1-3-15(4-2)8-9-10(12)16-7-5-6-13-11(16)14-9/h5-7H,3-4,8H2,1-2H3. The predicted molar refractivity (Wildman–Crippen MR) is 67.3 cm³/mol. The fourth-order valence-corrected chi connectivity index (χ4v) is 2.16. The van der Waals surface area contributed by atoms with E-state index in [9.17, 15) is 0 Å². The average molecular weight is 283 g/mol. The van der Waals surface area contributed by atoms with Crippen LogP contribution in [0.3, 0.4) is 0 Å². The van der Waals surface area contributed by atoms with E-state index >= 15 is 0 Å². The van der Waals surface area contributed by atoms with Crippen molar-refractivity contribution in [2.45, 2.75) is 20.4 Å². The van der Waals surface area contributed by atoms with Crippen molar-refractivity contribution in [3.05, 3.63) is 28.8 Å². The third-order valence-electron chi connectivity index (χ3n) is 2.68. The molecule has 0 amide bonds. The van der Waals surface area contributed by atoms with Gasteiger partial charge in [-0.3, -0.25) is 9.30 Å². The lowest BCUT2D eigenvalue weighted by atomic mass is 10.4. The number of halogens is 1. The molecule has 0 atom stereocenters. The summed E-state index contributed by atoms with van der Waals surface area (Å²) in [6.45, 7) is 7.24. The van der Waals surface area contributed by atoms with E-state index in [1.165, 1.54) is 0 Å². The van der Waals surface area contributed by atoms with Crippen LogP contribution in [0.25, 0.3) is 5.78 Å². The Morgan fingerprint density at radius 3 is 2.75 bits per heavy atom. The summed E-state index contributed by atoms with van der Waals surface area (Å²) in [4.78, 5) is 11.1. The van der Waals surface area contributed by atoms with Crippen LogP contribution in [0.4, 0.5) is 0 Å². The lowest BCUT2D eigenvalue weighted by Crippen LogP contribution is -2.22. The molecule has 4 nitrogen and oxygen atoms in total. The molecule has 0 N–H and O–H groups in total. The van der Waals surface area contributed by atoms with Gasteiger partial charge in [0.15, 0.2) is 0 Å². The van der Waals surface area contributed by atoms with Crippen molar-refractivity contribution in [2.24, 2.45) is 0 Å². The Morgan fingerprint density at radius 2 is 2.12 bits per heavy atom. The second kappa shape index (κ2) is 4.93. The van der Waals surface area contributed by atoms with Gasteiger partial charge in [-0.2, -0.15) is 0 Å². The lowest BCUT2D eigenvalue weighted by Gasteiger charge is -2.16. The first kappa shape index (κ1) is 11.5. The van der Waals surface area contributed by atoms with E-state index < -0.39 is 0 Å². The number of hydrogen-bond donors (Lipinski definition) is 0. The molecule has 0 aliphatic carbocycles. The maximum absolute atomic E-state index is 4.51. The minimum Gasteiger partial charge on any atom is -0.298 e. The van der Waals surface area contributed by atoms with Crippen molar-refractivity contribution >= 4 is 21.7 Å². The van der Waals surface area contributed by atoms with Gasteiger partial charge in [-0.15, -0.1) is 0 Å². The first-order valence-electron chi connectivity index (χ1n) is 5.46. The highest BCUT2D eigenvalue weighted by molar-refractivity contribution is 9.10. The Hall–Kier alpha value is -0.940. The third kappa shape index (κ3) is 2.10. The maximum Gasteiger partial charge on any atom is 0.234 e. The molecule has 0 aromatic carbocycles. The second-order valence-corrected chi connectivity index (χ2v) is 4.35. The Morgan fingerprint density at radius 1 is 1.38 bits per heavy atom. The van der Waals surface area contributed by atoms with Gasteiger partial charge in [0.2, 0.25) is 5.78 Å². The van der Waals surface area contributed by atoms with Crippen LogP contribution in [0.5, 0.6) is 0 Å². The van der Waals surface area contributed by atoms with Gasteiger partial charge in [-0.1, -0.05) is 13.8 Å². The van der Waals surface area contributed by atoms with Gasteiger partial charge in [0.05, 0.1) is 5.69 Å². The van der Waals surface area contributed by atoms with E-state index in [0.717, 1.165) is 35.7 Å². The molecule has 0 fully saturated rings. The smallest absolute Gasteiger partial charge is 0.234 e. The zero-order valence-corrected chi connectivity index (χ0v) is 11.1. The molecule has 2 aromatic rings. The number of imidazole rings is 1. The zero-order chi connectivity index (χ0) is 11.5. The number of rotatable bonds is 4. The van der Waals surface area contributed by atoms with Crippen LogP contribution in [-0.4, -0.2) is 32.4 Å². The van der Waals surface area contributed by atoms with E-state index in [1.807, 2.05) is 16.7 Å². The molecule has 0 aliphatic rings. The van der Waals surface area contributed by atoms with Crippen molar-refractivity contribution in [1.82, 2.24) is 19.3 Å². The molecule has 2 aromatic heterocycles. The fourth-order valence-electron chi connectivity index (χ4n) is 1.66. The van der Waals surface area contributed by atoms with Gasteiger partial charge in [-0.25, -0.2) is 9.97 Å². The zero-order valence-electron chi connectivity index (χ0n) is 9.52. The fraction of sp³-hybridized carbons (Fsp3) is 0.455. The Balaban J connectivity index is 2.34. The summed E-state index contributed by atoms with van der Waals surface area (Å²) >= 11 is 3.57. The summed E-state index contributed by atoms with van der Waals surface area (Å²) in [7, 11) is 0. The van der Waals surface area contributed by atoms with Crippen molar-refractivity contribution in [1.29, 1.82) is 0 Å². The molecule has 0 spiro atoms. The maximum atomic E-state index is 4.51. The average Bonchev–Trinajstić information content (AvgIpc) is 2.64. The number of aromatic nitrogens is 3. The molecular formula is C11H15BrN4. The largest absolute Gasteiger partial charge is 0.298 e. The lowest BCUT2D eigenvalue weighted by molar-refractivity contribution is 0.292. The van der Waals surface area contributed by atoms with Crippen molar-refractivity contribution in [2.75, 3.05) is 13.1 Å². The first-order valence-corrected chi connectivity index (χ1v) is 6.25. The van der Waals surface area contributed by atoms with Crippen LogP contribution in [0.1, 0.15) is 19.5 Å². The minimum absolute atomic E-state index is 0.747. The molecule has 0 radical (unpaired) electrons. The van der Waals surface area contributed by atoms with Crippen molar-refractivity contribution in [3.63, 3.8) is 0 Å². The van der Waals surface area contributed by atoms with Crippen LogP contribution in [0.2, 0.25) is 0 Å². The van der Waals surface area contributed by atoms with Crippen LogP contribution in [-0.2, 0) is 6.54 Å². The molecule has 0 unspecified atom stereocenters. The predicted octanol–water partition coefficient (Wildman–Crippen LogP) is 2.33. The molecule has 2 heterocycles. The van der Waals surface area contributed by atoms with E-state index in [1.54, 1.807) is 6.20 Å². The molecule has 86 valence electrons. The number of hydrogen-bond acceptors (Lipinski definition) is 3. The molecule has 5 heteroatoms. The SMILES string of the molecule is CCN(CC)Cc1nc2ncccn2c1Br. The van der Waals surface area contributed by atoms with Crippen LogP contribution >= 0.6 is 15.9 Å². The van der Waals surface area contributed by atoms with Gasteiger partial charge in [-0.05, 0) is 35.1 Å². The molecular weight excluding hydrogens is 268 g/mol. The summed E-state index contributed by atoms with van der Waals surface area (Å²) in [6, 6.07) is 1.90. The Bertz CT molecular complexity index is 476. The molecule has 2 rings (SSSR count). The summed E-state index contributed by atoms with van der Waals surface area (Å²) in [5, 5.41) is 0. The highest BCUT2D eigenvalue weighted by atomic mass is 79.9. The quantitative estimate of drug-likeness (QED) is 0.863. The summed E-state index contributed by atoms with van der Waals surface area (Å²) in [6.07, 6.45) is 3.72. The van der Waals surface area contributed by atoms with Gasteiger partial charge in [0.25, 0.3) is 0 Å². The minimum atomic E-state index is 0.747. The highest BCUT2D eigenvalue weighted by Crippen LogP contribution is 2.18. The van der Waals surface area contributed by atoms with Crippen molar-refractivity contribution < 1.29 is 0 Å². The summed E-state index contributed by atoms with van der Waals surface area (Å²) in [5.74, 6) is 0.747. The van der Waals surface area contributed by atoms with Gasteiger partial charge >= 0.3 is 0 Å². The summed E-state index contributed by atoms with van der Waals surface area (Å²) < 4.78 is 2.96. The van der Waals surface area contributed by atoms with Crippen LogP contribution in [0.15, 0.2) is 23.1 Å². The first-order chi connectivity index (χ1) is 7.76. The van der Waals surface area contributed by atoms with Gasteiger partial charge in [0, 0.05) is 18.9 Å². The van der Waals surface area contributed by atoms with E-state index in [0.29, 0.717) is 0 Å². The highest BCUT2D eigenvalue weighted by Gasteiger charge is 2.12. The van der Waals surface area contributed by atoms with E-state index in [4.69, 9.17) is 0 Å². The van der Waals surface area contributed by atoms with Crippen LogP contribution < -0.4 is 0 Å². The monoisotopic (exact) mass is 282 g/mol. The molecule has 16 heavy (non-hydrogen) atoms. The van der Waals surface area contributed by atoms with Gasteiger partial charge in [0.1, 0.15) is 4.60 Å². The van der Waals surface area contributed by atoms with E-state index in [2.05, 4.69) is 44.6 Å².